The zero-order valence-corrected chi connectivity index (χ0v) is 19.0. The number of ether oxygens (including phenoxy) is 2. The second kappa shape index (κ2) is 11.9. The Morgan fingerprint density at radius 2 is 2.24 bits per heavy atom. The van der Waals surface area contributed by atoms with E-state index >= 15 is 0 Å². The van der Waals surface area contributed by atoms with E-state index in [4.69, 9.17) is 21.1 Å². The van der Waals surface area contributed by atoms with Crippen molar-refractivity contribution in [3.8, 4) is 0 Å². The number of morpholine rings is 1. The van der Waals surface area contributed by atoms with E-state index in [-0.39, 0.29) is 61.5 Å². The number of aliphatic carboxylic acids is 1. The Kier molecular flexibility index (Phi) is 9.44. The van der Waals surface area contributed by atoms with Crippen LogP contribution in [0, 0.1) is 5.82 Å². The molecule has 1 aromatic heterocycles. The van der Waals surface area contributed by atoms with Crippen LogP contribution in [0.1, 0.15) is 16.6 Å². The molecular formula is C21H22CaClFN4O5S. The van der Waals surface area contributed by atoms with E-state index < -0.39 is 29.8 Å². The van der Waals surface area contributed by atoms with Gasteiger partial charge in [-0.25, -0.2) is 19.2 Å². The molecule has 9 nitrogen and oxygen atoms in total. The number of nitrogens with zero attached hydrogens (tertiary/aromatic N) is 3. The maximum atomic E-state index is 13.7. The van der Waals surface area contributed by atoms with E-state index in [1.54, 1.807) is 16.5 Å². The first-order valence-electron chi connectivity index (χ1n) is 9.95. The molecule has 1 aromatic carbocycles. The molecule has 13 heteroatoms. The van der Waals surface area contributed by atoms with Gasteiger partial charge in [0.15, 0.2) is 10.8 Å². The standard InChI is InChI=1S/C21H20ClFN4O5S.Ca.2H/c1-31-21(30)16-14(9-27-5-6-32-10-15(27)20(28)29)25-18(19-24-4-7-33-19)26-17(16)12-3-2-11(23)8-13(12)22;;;/h2-4,7-8,15,17H,5-6,9-10H2,1H3,(H,25,26)(H,28,29);;;/t15-,17-;;;/m0.../s1. The Labute approximate surface area is 233 Å². The van der Waals surface area contributed by atoms with E-state index in [0.717, 1.165) is 6.07 Å². The molecule has 2 atom stereocenters. The van der Waals surface area contributed by atoms with Crippen LogP contribution in [-0.2, 0) is 19.1 Å². The van der Waals surface area contributed by atoms with Crippen molar-refractivity contribution in [3.05, 3.63) is 62.5 Å². The summed E-state index contributed by atoms with van der Waals surface area (Å²) in [6.45, 7) is 0.757. The average Bonchev–Trinajstić information content (AvgIpc) is 3.33. The number of aliphatic imine (C=N–C) groups is 1. The monoisotopic (exact) mass is 536 g/mol. The van der Waals surface area contributed by atoms with Crippen LogP contribution in [0.3, 0.4) is 0 Å². The number of carbonyl (C=O) groups excluding carboxylic acids is 1. The van der Waals surface area contributed by atoms with Crippen molar-refractivity contribution in [2.75, 3.05) is 33.4 Å². The first-order chi connectivity index (χ1) is 15.9. The first-order valence-corrected chi connectivity index (χ1v) is 11.2. The van der Waals surface area contributed by atoms with Gasteiger partial charge in [-0.15, -0.1) is 11.3 Å². The van der Waals surface area contributed by atoms with Crippen molar-refractivity contribution in [1.29, 1.82) is 0 Å². The molecule has 2 aromatic rings. The van der Waals surface area contributed by atoms with Gasteiger partial charge in [0.05, 0.1) is 37.6 Å². The summed E-state index contributed by atoms with van der Waals surface area (Å²) in [5.41, 5.74) is 0.906. The van der Waals surface area contributed by atoms with Crippen molar-refractivity contribution in [2.45, 2.75) is 12.1 Å². The van der Waals surface area contributed by atoms with E-state index in [1.165, 1.54) is 30.6 Å². The Bertz CT molecular complexity index is 1130. The molecule has 1 saturated heterocycles. The molecule has 4 rings (SSSR count). The minimum atomic E-state index is -1.04. The van der Waals surface area contributed by atoms with Crippen molar-refractivity contribution >= 4 is 78.5 Å². The van der Waals surface area contributed by atoms with Crippen molar-refractivity contribution in [2.24, 2.45) is 4.99 Å². The Morgan fingerprint density at radius 3 is 2.88 bits per heavy atom. The summed E-state index contributed by atoms with van der Waals surface area (Å²) in [6, 6.07) is 2.17. The predicted molar refractivity (Wildman–Crippen MR) is 127 cm³/mol. The number of esters is 1. The van der Waals surface area contributed by atoms with E-state index in [2.05, 4.69) is 15.3 Å². The molecule has 3 heterocycles. The van der Waals surface area contributed by atoms with E-state index in [1.807, 2.05) is 0 Å². The molecule has 0 aliphatic carbocycles. The number of carbonyl (C=O) groups is 2. The fourth-order valence-corrected chi connectivity index (χ4v) is 4.60. The maximum absolute atomic E-state index is 13.7. The summed E-state index contributed by atoms with van der Waals surface area (Å²) in [5, 5.41) is 15.2. The van der Waals surface area contributed by atoms with Gasteiger partial charge in [-0.1, -0.05) is 17.7 Å². The second-order valence-corrected chi connectivity index (χ2v) is 8.59. The van der Waals surface area contributed by atoms with Gasteiger partial charge >= 0.3 is 49.7 Å². The van der Waals surface area contributed by atoms with Gasteiger partial charge in [-0.3, -0.25) is 9.69 Å². The molecule has 0 bridgehead atoms. The second-order valence-electron chi connectivity index (χ2n) is 7.29. The number of hydrogen-bond donors (Lipinski definition) is 2. The molecule has 178 valence electrons. The zero-order chi connectivity index (χ0) is 23.5. The van der Waals surface area contributed by atoms with Crippen molar-refractivity contribution in [3.63, 3.8) is 0 Å². The summed E-state index contributed by atoms with van der Waals surface area (Å²) in [4.78, 5) is 35.3. The number of benzene rings is 1. The van der Waals surface area contributed by atoms with Crippen LogP contribution < -0.4 is 5.32 Å². The number of thiazole rings is 1. The summed E-state index contributed by atoms with van der Waals surface area (Å²) < 4.78 is 24.1. The van der Waals surface area contributed by atoms with Gasteiger partial charge in [0, 0.05) is 29.7 Å². The van der Waals surface area contributed by atoms with Gasteiger partial charge in [-0.2, -0.15) is 0 Å². The van der Waals surface area contributed by atoms with E-state index in [0.29, 0.717) is 35.3 Å². The normalized spacial score (nSPS) is 20.7. The third kappa shape index (κ3) is 5.78. The molecule has 0 unspecified atom stereocenters. The number of halogens is 2. The molecule has 2 N–H and O–H groups in total. The predicted octanol–water partition coefficient (Wildman–Crippen LogP) is 1.32. The fraction of sp³-hybridized carbons (Fsp3) is 0.333. The quantitative estimate of drug-likeness (QED) is 0.420. The topological polar surface area (TPSA) is 113 Å². The number of nitrogens with one attached hydrogen (secondary N) is 1. The van der Waals surface area contributed by atoms with Crippen LogP contribution in [0.15, 0.2) is 46.0 Å². The van der Waals surface area contributed by atoms with Gasteiger partial charge in [-0.05, 0) is 17.7 Å². The van der Waals surface area contributed by atoms with Crippen LogP contribution >= 0.6 is 22.9 Å². The molecule has 2 aliphatic heterocycles. The number of carboxylic acids is 1. The number of hydrogen-bond acceptors (Lipinski definition) is 9. The van der Waals surface area contributed by atoms with Gasteiger partial charge in [0.25, 0.3) is 0 Å². The van der Waals surface area contributed by atoms with Crippen LogP contribution in [0.25, 0.3) is 0 Å². The van der Waals surface area contributed by atoms with Gasteiger partial charge in [0.2, 0.25) is 0 Å². The van der Waals surface area contributed by atoms with Crippen LogP contribution in [0.4, 0.5) is 4.39 Å². The molecule has 0 spiro atoms. The van der Waals surface area contributed by atoms with Gasteiger partial charge in [0.1, 0.15) is 11.9 Å². The molecule has 34 heavy (non-hydrogen) atoms. The Morgan fingerprint density at radius 1 is 1.44 bits per heavy atom. The fourth-order valence-electron chi connectivity index (χ4n) is 3.74. The third-order valence-electron chi connectivity index (χ3n) is 5.32. The molecule has 0 saturated carbocycles. The third-order valence-corrected chi connectivity index (χ3v) is 6.43. The number of methoxy groups -OCH3 is 1. The van der Waals surface area contributed by atoms with Crippen LogP contribution in [0.5, 0.6) is 0 Å². The summed E-state index contributed by atoms with van der Waals surface area (Å²) in [7, 11) is 1.24. The van der Waals surface area contributed by atoms with Crippen LogP contribution in [-0.4, -0.2) is 110 Å². The minimum absolute atomic E-state index is 0. The number of amidine groups is 1. The molecular weight excluding hydrogens is 515 g/mol. The van der Waals surface area contributed by atoms with E-state index in [9.17, 15) is 19.1 Å². The summed E-state index contributed by atoms with van der Waals surface area (Å²) in [5.74, 6) is -1.83. The molecule has 0 amide bonds. The van der Waals surface area contributed by atoms with Gasteiger partial charge < -0.3 is 19.9 Å². The number of aromatic nitrogens is 1. The molecule has 2 aliphatic rings. The SMILES string of the molecule is COC(=O)C1=C(CN2CCOC[C@H]2C(=O)O)N=C(c2nccs2)N[C@H]1c1ccc(F)cc1Cl.[CaH2]. The Hall–Kier alpha value is -1.60. The zero-order valence-electron chi connectivity index (χ0n) is 17.5. The molecule has 0 radical (unpaired) electrons. The summed E-state index contributed by atoms with van der Waals surface area (Å²) in [6.07, 6.45) is 1.62. The first kappa shape index (κ1) is 27.0. The average molecular weight is 537 g/mol. The molecule has 1 fully saturated rings. The van der Waals surface area contributed by atoms with Crippen molar-refractivity contribution < 1.29 is 28.6 Å². The number of carboxylic acid groups (broad SMARTS) is 1. The summed E-state index contributed by atoms with van der Waals surface area (Å²) >= 11 is 7.68. The number of rotatable bonds is 6. The Balaban J connectivity index is 0.00000324. The van der Waals surface area contributed by atoms with Crippen LogP contribution in [0.2, 0.25) is 5.02 Å². The van der Waals surface area contributed by atoms with Crippen molar-refractivity contribution in [1.82, 2.24) is 15.2 Å².